The summed E-state index contributed by atoms with van der Waals surface area (Å²) in [5, 5.41) is 8.90. The molecule has 0 unspecified atom stereocenters. The lowest BCUT2D eigenvalue weighted by molar-refractivity contribution is 0.0695. The Kier molecular flexibility index (Phi) is 3.37. The first kappa shape index (κ1) is 12.2. The SMILES string of the molecule is Cc1cccc(Cc2ncc(C(=O)O)c(C)n2)c1. The van der Waals surface area contributed by atoms with Crippen LogP contribution >= 0.6 is 0 Å². The lowest BCUT2D eigenvalue weighted by atomic mass is 10.1. The number of aromatic carboxylic acids is 1. The molecule has 0 saturated carbocycles. The van der Waals surface area contributed by atoms with Crippen LogP contribution in [0.25, 0.3) is 0 Å². The molecule has 0 aliphatic heterocycles. The minimum atomic E-state index is -0.991. The van der Waals surface area contributed by atoms with Crippen LogP contribution in [0.4, 0.5) is 0 Å². The van der Waals surface area contributed by atoms with Crippen LogP contribution < -0.4 is 0 Å². The van der Waals surface area contributed by atoms with Crippen molar-refractivity contribution in [2.24, 2.45) is 0 Å². The highest BCUT2D eigenvalue weighted by molar-refractivity contribution is 5.88. The summed E-state index contributed by atoms with van der Waals surface area (Å²) in [5.41, 5.74) is 2.96. The fourth-order valence-corrected chi connectivity index (χ4v) is 1.81. The number of rotatable bonds is 3. The molecule has 1 aromatic heterocycles. The molecule has 18 heavy (non-hydrogen) atoms. The number of benzene rings is 1. The van der Waals surface area contributed by atoms with Gasteiger partial charge in [-0.25, -0.2) is 14.8 Å². The van der Waals surface area contributed by atoms with E-state index in [9.17, 15) is 4.79 Å². The van der Waals surface area contributed by atoms with Gasteiger partial charge >= 0.3 is 5.97 Å². The molecule has 0 aliphatic rings. The highest BCUT2D eigenvalue weighted by Gasteiger charge is 2.10. The van der Waals surface area contributed by atoms with Crippen LogP contribution in [0.15, 0.2) is 30.5 Å². The fraction of sp³-hybridized carbons (Fsp3) is 0.214. The van der Waals surface area contributed by atoms with E-state index in [1.54, 1.807) is 6.92 Å². The van der Waals surface area contributed by atoms with E-state index >= 15 is 0 Å². The molecule has 92 valence electrons. The minimum absolute atomic E-state index is 0.156. The van der Waals surface area contributed by atoms with Gasteiger partial charge in [-0.2, -0.15) is 0 Å². The maximum absolute atomic E-state index is 10.9. The van der Waals surface area contributed by atoms with Crippen molar-refractivity contribution >= 4 is 5.97 Å². The molecule has 2 rings (SSSR count). The van der Waals surface area contributed by atoms with Gasteiger partial charge in [0, 0.05) is 12.6 Å². The van der Waals surface area contributed by atoms with E-state index in [1.165, 1.54) is 11.8 Å². The lowest BCUT2D eigenvalue weighted by Crippen LogP contribution is -2.06. The van der Waals surface area contributed by atoms with Gasteiger partial charge in [0.1, 0.15) is 5.82 Å². The third-order valence-electron chi connectivity index (χ3n) is 2.70. The summed E-state index contributed by atoms with van der Waals surface area (Å²) in [5.74, 6) is -0.349. The zero-order valence-electron chi connectivity index (χ0n) is 10.3. The molecule has 0 bridgehead atoms. The average molecular weight is 242 g/mol. The van der Waals surface area contributed by atoms with Crippen molar-refractivity contribution in [3.63, 3.8) is 0 Å². The standard InChI is InChI=1S/C14H14N2O2/c1-9-4-3-5-11(6-9)7-13-15-8-12(14(17)18)10(2)16-13/h3-6,8H,7H2,1-2H3,(H,17,18). The predicted octanol–water partition coefficient (Wildman–Crippen LogP) is 2.38. The van der Waals surface area contributed by atoms with Gasteiger partial charge in [0.2, 0.25) is 0 Å². The van der Waals surface area contributed by atoms with E-state index in [2.05, 4.69) is 16.0 Å². The number of aryl methyl sites for hydroxylation is 2. The zero-order chi connectivity index (χ0) is 13.1. The molecule has 1 heterocycles. The topological polar surface area (TPSA) is 63.1 Å². The average Bonchev–Trinajstić information content (AvgIpc) is 2.28. The number of nitrogens with zero attached hydrogens (tertiary/aromatic N) is 2. The van der Waals surface area contributed by atoms with Crippen LogP contribution in [-0.4, -0.2) is 21.0 Å². The third kappa shape index (κ3) is 2.71. The minimum Gasteiger partial charge on any atom is -0.478 e. The second-order valence-electron chi connectivity index (χ2n) is 4.26. The molecular formula is C14H14N2O2. The number of hydrogen-bond donors (Lipinski definition) is 1. The van der Waals surface area contributed by atoms with E-state index in [-0.39, 0.29) is 5.56 Å². The second-order valence-corrected chi connectivity index (χ2v) is 4.26. The Morgan fingerprint density at radius 2 is 2.11 bits per heavy atom. The van der Waals surface area contributed by atoms with Crippen molar-refractivity contribution in [1.29, 1.82) is 0 Å². The summed E-state index contributed by atoms with van der Waals surface area (Å²) in [6, 6.07) is 8.10. The Hall–Kier alpha value is -2.23. The molecule has 4 nitrogen and oxygen atoms in total. The van der Waals surface area contributed by atoms with Crippen molar-refractivity contribution in [3.05, 3.63) is 58.7 Å². The Morgan fingerprint density at radius 3 is 2.72 bits per heavy atom. The Labute approximate surface area is 105 Å². The molecule has 2 aromatic rings. The fourth-order valence-electron chi connectivity index (χ4n) is 1.81. The quantitative estimate of drug-likeness (QED) is 0.897. The first-order valence-corrected chi connectivity index (χ1v) is 5.67. The molecule has 4 heteroatoms. The smallest absolute Gasteiger partial charge is 0.339 e. The molecular weight excluding hydrogens is 228 g/mol. The van der Waals surface area contributed by atoms with Crippen molar-refractivity contribution in [2.75, 3.05) is 0 Å². The van der Waals surface area contributed by atoms with Crippen molar-refractivity contribution in [2.45, 2.75) is 20.3 Å². The van der Waals surface area contributed by atoms with E-state index in [1.807, 2.05) is 25.1 Å². The summed E-state index contributed by atoms with van der Waals surface area (Å²) in [4.78, 5) is 19.2. The van der Waals surface area contributed by atoms with E-state index in [0.717, 1.165) is 5.56 Å². The second kappa shape index (κ2) is 4.96. The summed E-state index contributed by atoms with van der Waals surface area (Å²) in [6.45, 7) is 3.72. The Balaban J connectivity index is 2.25. The van der Waals surface area contributed by atoms with Gasteiger partial charge in [0.05, 0.1) is 11.3 Å². The van der Waals surface area contributed by atoms with Gasteiger partial charge in [-0.3, -0.25) is 0 Å². The summed E-state index contributed by atoms with van der Waals surface area (Å²) >= 11 is 0. The van der Waals surface area contributed by atoms with Crippen LogP contribution in [0.5, 0.6) is 0 Å². The van der Waals surface area contributed by atoms with Crippen molar-refractivity contribution in [1.82, 2.24) is 9.97 Å². The van der Waals surface area contributed by atoms with Crippen molar-refractivity contribution < 1.29 is 9.90 Å². The van der Waals surface area contributed by atoms with Gasteiger partial charge in [-0.1, -0.05) is 29.8 Å². The maximum Gasteiger partial charge on any atom is 0.339 e. The molecule has 0 atom stereocenters. The number of carboxylic acids is 1. The molecule has 0 aliphatic carbocycles. The van der Waals surface area contributed by atoms with E-state index in [4.69, 9.17) is 5.11 Å². The molecule has 0 fully saturated rings. The van der Waals surface area contributed by atoms with Crippen LogP contribution in [0.1, 0.15) is 33.0 Å². The first-order chi connectivity index (χ1) is 8.56. The normalized spacial score (nSPS) is 10.3. The molecule has 0 radical (unpaired) electrons. The number of hydrogen-bond acceptors (Lipinski definition) is 3. The van der Waals surface area contributed by atoms with Crippen LogP contribution in [-0.2, 0) is 6.42 Å². The number of aromatic nitrogens is 2. The Morgan fingerprint density at radius 1 is 1.33 bits per heavy atom. The molecule has 0 spiro atoms. The van der Waals surface area contributed by atoms with Crippen LogP contribution in [0.2, 0.25) is 0 Å². The molecule has 0 amide bonds. The van der Waals surface area contributed by atoms with Gasteiger partial charge in [0.25, 0.3) is 0 Å². The van der Waals surface area contributed by atoms with Gasteiger partial charge < -0.3 is 5.11 Å². The monoisotopic (exact) mass is 242 g/mol. The summed E-state index contributed by atoms with van der Waals surface area (Å²) < 4.78 is 0. The highest BCUT2D eigenvalue weighted by Crippen LogP contribution is 2.10. The number of carboxylic acid groups (broad SMARTS) is 1. The Bertz CT molecular complexity index is 594. The van der Waals surface area contributed by atoms with Gasteiger partial charge in [0.15, 0.2) is 0 Å². The predicted molar refractivity (Wildman–Crippen MR) is 67.7 cm³/mol. The van der Waals surface area contributed by atoms with Crippen molar-refractivity contribution in [3.8, 4) is 0 Å². The lowest BCUT2D eigenvalue weighted by Gasteiger charge is -2.04. The number of carbonyl (C=O) groups is 1. The molecule has 0 saturated heterocycles. The maximum atomic E-state index is 10.9. The largest absolute Gasteiger partial charge is 0.478 e. The first-order valence-electron chi connectivity index (χ1n) is 5.67. The highest BCUT2D eigenvalue weighted by atomic mass is 16.4. The van der Waals surface area contributed by atoms with Gasteiger partial charge in [-0.05, 0) is 19.4 Å². The van der Waals surface area contributed by atoms with E-state index < -0.39 is 5.97 Å². The van der Waals surface area contributed by atoms with E-state index in [0.29, 0.717) is 17.9 Å². The van der Waals surface area contributed by atoms with Crippen LogP contribution in [0, 0.1) is 13.8 Å². The summed E-state index contributed by atoms with van der Waals surface area (Å²) in [7, 11) is 0. The van der Waals surface area contributed by atoms with Gasteiger partial charge in [-0.15, -0.1) is 0 Å². The van der Waals surface area contributed by atoms with Crippen LogP contribution in [0.3, 0.4) is 0 Å². The zero-order valence-corrected chi connectivity index (χ0v) is 10.3. The molecule has 1 aromatic carbocycles. The third-order valence-corrected chi connectivity index (χ3v) is 2.70. The summed E-state index contributed by atoms with van der Waals surface area (Å²) in [6.07, 6.45) is 1.98. The molecule has 1 N–H and O–H groups in total.